The van der Waals surface area contributed by atoms with Crippen molar-refractivity contribution in [2.45, 2.75) is 32.4 Å². The quantitative estimate of drug-likeness (QED) is 0.722. The van der Waals surface area contributed by atoms with Crippen molar-refractivity contribution in [3.05, 3.63) is 0 Å². The molecule has 88 valence electrons. The van der Waals surface area contributed by atoms with E-state index in [1.165, 1.54) is 39.1 Å². The van der Waals surface area contributed by atoms with Crippen LogP contribution in [0.5, 0.6) is 0 Å². The van der Waals surface area contributed by atoms with Crippen LogP contribution in [0.2, 0.25) is 0 Å². The average molecular weight is 211 g/mol. The Kier molecular flexibility index (Phi) is 3.65. The van der Waals surface area contributed by atoms with Gasteiger partial charge in [0.25, 0.3) is 0 Å². The lowest BCUT2D eigenvalue weighted by Gasteiger charge is -2.45. The van der Waals surface area contributed by atoms with Crippen LogP contribution in [0.3, 0.4) is 0 Å². The number of nitrogens with zero attached hydrogens (tertiary/aromatic N) is 2. The maximum absolute atomic E-state index is 3.49. The van der Waals surface area contributed by atoms with Crippen LogP contribution < -0.4 is 5.32 Å². The second kappa shape index (κ2) is 4.81. The molecule has 0 saturated carbocycles. The van der Waals surface area contributed by atoms with E-state index in [0.29, 0.717) is 0 Å². The Morgan fingerprint density at radius 1 is 1.27 bits per heavy atom. The molecule has 2 atom stereocenters. The highest BCUT2D eigenvalue weighted by atomic mass is 15.3. The van der Waals surface area contributed by atoms with E-state index in [4.69, 9.17) is 0 Å². The molecule has 0 bridgehead atoms. The zero-order valence-corrected chi connectivity index (χ0v) is 10.4. The summed E-state index contributed by atoms with van der Waals surface area (Å²) in [5.41, 5.74) is 0. The highest BCUT2D eigenvalue weighted by Crippen LogP contribution is 2.21. The first-order valence-electron chi connectivity index (χ1n) is 6.33. The first-order chi connectivity index (χ1) is 7.18. The Balaban J connectivity index is 2.00. The molecule has 2 fully saturated rings. The lowest BCUT2D eigenvalue weighted by Crippen LogP contribution is -2.57. The summed E-state index contributed by atoms with van der Waals surface area (Å²) in [7, 11) is 2.25. The average Bonchev–Trinajstić information content (AvgIpc) is 2.70. The van der Waals surface area contributed by atoms with Gasteiger partial charge >= 0.3 is 0 Å². The maximum Gasteiger partial charge on any atom is 0.0250 e. The van der Waals surface area contributed by atoms with Gasteiger partial charge < -0.3 is 10.2 Å². The first kappa shape index (κ1) is 11.4. The Hall–Kier alpha value is -0.120. The van der Waals surface area contributed by atoms with E-state index < -0.39 is 0 Å². The topological polar surface area (TPSA) is 18.5 Å². The molecule has 2 rings (SSSR count). The molecular formula is C12H25N3. The van der Waals surface area contributed by atoms with E-state index in [-0.39, 0.29) is 0 Å². The van der Waals surface area contributed by atoms with Gasteiger partial charge in [0.15, 0.2) is 0 Å². The van der Waals surface area contributed by atoms with Crippen LogP contribution in [0.25, 0.3) is 0 Å². The fraction of sp³-hybridized carbons (Fsp3) is 1.00. The minimum atomic E-state index is 0.758. The van der Waals surface area contributed by atoms with Crippen LogP contribution in [-0.2, 0) is 0 Å². The minimum Gasteiger partial charge on any atom is -0.315 e. The van der Waals surface area contributed by atoms with Crippen molar-refractivity contribution in [3.63, 3.8) is 0 Å². The molecule has 1 N–H and O–H groups in total. The molecule has 0 aromatic carbocycles. The molecule has 0 radical (unpaired) electrons. The third-order valence-corrected chi connectivity index (χ3v) is 3.94. The van der Waals surface area contributed by atoms with Crippen molar-refractivity contribution in [2.24, 2.45) is 5.92 Å². The van der Waals surface area contributed by atoms with Crippen molar-refractivity contribution in [1.29, 1.82) is 0 Å². The first-order valence-corrected chi connectivity index (χ1v) is 6.33. The molecule has 3 nitrogen and oxygen atoms in total. The fourth-order valence-electron chi connectivity index (χ4n) is 2.94. The predicted molar refractivity (Wildman–Crippen MR) is 64.1 cm³/mol. The van der Waals surface area contributed by atoms with Crippen LogP contribution in [0.15, 0.2) is 0 Å². The molecule has 15 heavy (non-hydrogen) atoms. The fourth-order valence-corrected chi connectivity index (χ4v) is 2.94. The van der Waals surface area contributed by atoms with Crippen molar-refractivity contribution in [3.8, 4) is 0 Å². The normalized spacial score (nSPS) is 35.2. The zero-order chi connectivity index (χ0) is 10.8. The SMILES string of the molecule is CC(C)C1CN(C)CCN1C1CCNC1. The molecule has 2 unspecified atom stereocenters. The van der Waals surface area contributed by atoms with Gasteiger partial charge in [0.05, 0.1) is 0 Å². The summed E-state index contributed by atoms with van der Waals surface area (Å²) >= 11 is 0. The summed E-state index contributed by atoms with van der Waals surface area (Å²) in [6, 6.07) is 1.56. The maximum atomic E-state index is 3.49. The molecule has 0 aromatic heterocycles. The molecule has 0 aliphatic carbocycles. The van der Waals surface area contributed by atoms with Crippen molar-refractivity contribution in [1.82, 2.24) is 15.1 Å². The zero-order valence-electron chi connectivity index (χ0n) is 10.4. The minimum absolute atomic E-state index is 0.758. The predicted octanol–water partition coefficient (Wildman–Crippen LogP) is 0.620. The molecule has 0 amide bonds. The van der Waals surface area contributed by atoms with Crippen molar-refractivity contribution >= 4 is 0 Å². The molecule has 2 heterocycles. The Bertz CT molecular complexity index is 199. The van der Waals surface area contributed by atoms with Gasteiger partial charge in [-0.15, -0.1) is 0 Å². The van der Waals surface area contributed by atoms with Crippen LogP contribution in [0, 0.1) is 5.92 Å². The number of hydrogen-bond acceptors (Lipinski definition) is 3. The van der Waals surface area contributed by atoms with Crippen LogP contribution in [-0.4, -0.2) is 61.7 Å². The van der Waals surface area contributed by atoms with Gasteiger partial charge in [-0.3, -0.25) is 4.90 Å². The van der Waals surface area contributed by atoms with Gasteiger partial charge in [0.2, 0.25) is 0 Å². The lowest BCUT2D eigenvalue weighted by molar-refractivity contribution is 0.0346. The van der Waals surface area contributed by atoms with E-state index in [0.717, 1.165) is 18.0 Å². The highest BCUT2D eigenvalue weighted by Gasteiger charge is 2.33. The summed E-state index contributed by atoms with van der Waals surface area (Å²) in [5, 5.41) is 3.49. The van der Waals surface area contributed by atoms with Crippen molar-refractivity contribution < 1.29 is 0 Å². The van der Waals surface area contributed by atoms with Gasteiger partial charge in [-0.2, -0.15) is 0 Å². The van der Waals surface area contributed by atoms with Crippen LogP contribution >= 0.6 is 0 Å². The van der Waals surface area contributed by atoms with E-state index in [2.05, 4.69) is 36.0 Å². The van der Waals surface area contributed by atoms with Gasteiger partial charge in [0, 0.05) is 38.3 Å². The van der Waals surface area contributed by atoms with Gasteiger partial charge in [-0.05, 0) is 25.9 Å². The molecule has 2 saturated heterocycles. The third-order valence-electron chi connectivity index (χ3n) is 3.94. The lowest BCUT2D eigenvalue weighted by atomic mass is 9.97. The van der Waals surface area contributed by atoms with Gasteiger partial charge in [0.1, 0.15) is 0 Å². The molecule has 2 aliphatic rings. The standard InChI is InChI=1S/C12H25N3/c1-10(2)12-9-14(3)6-7-15(12)11-4-5-13-8-11/h10-13H,4-9H2,1-3H3. The van der Waals surface area contributed by atoms with E-state index in [9.17, 15) is 0 Å². The highest BCUT2D eigenvalue weighted by molar-refractivity contribution is 4.90. The Morgan fingerprint density at radius 2 is 2.07 bits per heavy atom. The number of nitrogens with one attached hydrogen (secondary N) is 1. The monoisotopic (exact) mass is 211 g/mol. The van der Waals surface area contributed by atoms with Gasteiger partial charge in [-0.25, -0.2) is 0 Å². The second-order valence-electron chi connectivity index (χ2n) is 5.46. The van der Waals surface area contributed by atoms with E-state index in [1.807, 2.05) is 0 Å². The Morgan fingerprint density at radius 3 is 2.67 bits per heavy atom. The largest absolute Gasteiger partial charge is 0.315 e. The summed E-state index contributed by atoms with van der Waals surface area (Å²) < 4.78 is 0. The van der Waals surface area contributed by atoms with Gasteiger partial charge in [-0.1, -0.05) is 13.8 Å². The van der Waals surface area contributed by atoms with E-state index >= 15 is 0 Å². The van der Waals surface area contributed by atoms with Crippen LogP contribution in [0.1, 0.15) is 20.3 Å². The second-order valence-corrected chi connectivity index (χ2v) is 5.46. The Labute approximate surface area is 93.8 Å². The molecule has 2 aliphatic heterocycles. The molecule has 3 heteroatoms. The number of piperazine rings is 1. The molecule has 0 aromatic rings. The van der Waals surface area contributed by atoms with Crippen molar-refractivity contribution in [2.75, 3.05) is 39.8 Å². The number of hydrogen-bond donors (Lipinski definition) is 1. The summed E-state index contributed by atoms with van der Waals surface area (Å²) in [5.74, 6) is 0.772. The summed E-state index contributed by atoms with van der Waals surface area (Å²) in [4.78, 5) is 5.23. The molecule has 0 spiro atoms. The third kappa shape index (κ3) is 2.52. The number of rotatable bonds is 2. The number of likely N-dealkylation sites (N-methyl/N-ethyl adjacent to an activating group) is 1. The summed E-state index contributed by atoms with van der Waals surface area (Å²) in [6.07, 6.45) is 1.34. The summed E-state index contributed by atoms with van der Waals surface area (Å²) in [6.45, 7) is 10.9. The van der Waals surface area contributed by atoms with Crippen LogP contribution in [0.4, 0.5) is 0 Å². The smallest absolute Gasteiger partial charge is 0.0250 e. The molecular weight excluding hydrogens is 186 g/mol. The van der Waals surface area contributed by atoms with E-state index in [1.54, 1.807) is 0 Å².